The van der Waals surface area contributed by atoms with E-state index in [0.29, 0.717) is 18.4 Å². The minimum atomic E-state index is 0.561. The van der Waals surface area contributed by atoms with E-state index < -0.39 is 0 Å². The fourth-order valence-electron chi connectivity index (χ4n) is 4.10. The van der Waals surface area contributed by atoms with Gasteiger partial charge < -0.3 is 10.1 Å². The fourth-order valence-corrected chi connectivity index (χ4v) is 4.10. The van der Waals surface area contributed by atoms with Gasteiger partial charge in [-0.05, 0) is 25.3 Å². The highest BCUT2D eigenvalue weighted by atomic mass is 16.5. The average molecular weight is 356 g/mol. The largest absolute Gasteiger partial charge is 0.481 e. The van der Waals surface area contributed by atoms with Crippen molar-refractivity contribution in [3.05, 3.63) is 29.7 Å². The van der Waals surface area contributed by atoms with Crippen molar-refractivity contribution in [1.82, 2.24) is 24.6 Å². The molecule has 2 aromatic rings. The second-order valence-corrected chi connectivity index (χ2v) is 7.24. The third kappa shape index (κ3) is 3.98. The normalized spacial score (nSPS) is 19.0. The first-order chi connectivity index (χ1) is 12.8. The molecule has 4 rings (SSSR count). The summed E-state index contributed by atoms with van der Waals surface area (Å²) in [5.74, 6) is 1.13. The molecule has 26 heavy (non-hydrogen) atoms. The molecule has 1 fully saturated rings. The Morgan fingerprint density at radius 2 is 2.08 bits per heavy atom. The molecule has 0 aromatic carbocycles. The molecule has 0 spiro atoms. The molecule has 0 unspecified atom stereocenters. The van der Waals surface area contributed by atoms with Crippen LogP contribution in [0, 0.1) is 0 Å². The summed E-state index contributed by atoms with van der Waals surface area (Å²) in [4.78, 5) is 11.2. The van der Waals surface area contributed by atoms with E-state index >= 15 is 0 Å². The zero-order valence-electron chi connectivity index (χ0n) is 15.5. The van der Waals surface area contributed by atoms with Gasteiger partial charge in [-0.1, -0.05) is 19.3 Å². The molecule has 0 amide bonds. The van der Waals surface area contributed by atoms with Crippen LogP contribution >= 0.6 is 0 Å². The van der Waals surface area contributed by atoms with Crippen LogP contribution in [0.25, 0.3) is 0 Å². The zero-order valence-corrected chi connectivity index (χ0v) is 15.5. The van der Waals surface area contributed by atoms with E-state index in [-0.39, 0.29) is 0 Å². The van der Waals surface area contributed by atoms with E-state index in [4.69, 9.17) is 9.84 Å². The summed E-state index contributed by atoms with van der Waals surface area (Å²) in [5.41, 5.74) is 2.37. The molecule has 0 radical (unpaired) electrons. The van der Waals surface area contributed by atoms with Gasteiger partial charge in [-0.15, -0.1) is 0 Å². The Morgan fingerprint density at radius 3 is 2.92 bits per heavy atom. The van der Waals surface area contributed by atoms with Crippen molar-refractivity contribution in [1.29, 1.82) is 0 Å². The summed E-state index contributed by atoms with van der Waals surface area (Å²) in [6.07, 6.45) is 9.76. The lowest BCUT2D eigenvalue weighted by Gasteiger charge is -2.33. The van der Waals surface area contributed by atoms with Crippen molar-refractivity contribution >= 4 is 5.95 Å². The van der Waals surface area contributed by atoms with Crippen LogP contribution in [-0.4, -0.2) is 44.3 Å². The van der Waals surface area contributed by atoms with Gasteiger partial charge in [0, 0.05) is 37.9 Å². The first-order valence-corrected chi connectivity index (χ1v) is 9.72. The van der Waals surface area contributed by atoms with E-state index in [1.54, 1.807) is 19.4 Å². The molecule has 2 aromatic heterocycles. The average Bonchev–Trinajstić information content (AvgIpc) is 2.97. The number of aryl methyl sites for hydroxylation is 1. The molecule has 7 heteroatoms. The summed E-state index contributed by atoms with van der Waals surface area (Å²) < 4.78 is 7.33. The summed E-state index contributed by atoms with van der Waals surface area (Å²) in [6, 6.07) is 4.73. The number of anilines is 1. The highest BCUT2D eigenvalue weighted by Crippen LogP contribution is 2.26. The van der Waals surface area contributed by atoms with Crippen LogP contribution in [0.15, 0.2) is 18.3 Å². The molecule has 3 heterocycles. The molecule has 1 aliphatic heterocycles. The Balaban J connectivity index is 1.41. The Bertz CT molecular complexity index is 725. The van der Waals surface area contributed by atoms with E-state index in [2.05, 4.69) is 30.9 Å². The van der Waals surface area contributed by atoms with Gasteiger partial charge in [-0.3, -0.25) is 9.58 Å². The monoisotopic (exact) mass is 356 g/mol. The van der Waals surface area contributed by atoms with Crippen LogP contribution < -0.4 is 10.1 Å². The fraction of sp³-hybridized carbons (Fsp3) is 0.632. The minimum Gasteiger partial charge on any atom is -0.481 e. The van der Waals surface area contributed by atoms with Gasteiger partial charge >= 0.3 is 0 Å². The van der Waals surface area contributed by atoms with Crippen LogP contribution in [0.3, 0.4) is 0 Å². The number of ether oxygens (including phenoxy) is 1. The third-order valence-corrected chi connectivity index (χ3v) is 5.45. The molecular formula is C19H28N6O. The topological polar surface area (TPSA) is 68.1 Å². The second kappa shape index (κ2) is 8.03. The molecule has 0 bridgehead atoms. The lowest BCUT2D eigenvalue weighted by atomic mass is 9.94. The van der Waals surface area contributed by atoms with Gasteiger partial charge in [0.05, 0.1) is 25.0 Å². The van der Waals surface area contributed by atoms with Gasteiger partial charge in [0.15, 0.2) is 0 Å². The molecule has 7 nitrogen and oxygen atoms in total. The van der Waals surface area contributed by atoms with E-state index in [1.165, 1.54) is 50.8 Å². The molecule has 140 valence electrons. The maximum Gasteiger partial charge on any atom is 0.226 e. The quantitative estimate of drug-likeness (QED) is 0.888. The number of nitrogens with zero attached hydrogens (tertiary/aromatic N) is 5. The predicted octanol–water partition coefficient (Wildman–Crippen LogP) is 2.83. The van der Waals surface area contributed by atoms with Crippen molar-refractivity contribution in [2.24, 2.45) is 0 Å². The molecular weight excluding hydrogens is 328 g/mol. The molecule has 1 aliphatic carbocycles. The van der Waals surface area contributed by atoms with Gasteiger partial charge in [-0.25, -0.2) is 4.98 Å². The maximum absolute atomic E-state index is 5.14. The Labute approximate surface area is 154 Å². The molecule has 1 saturated carbocycles. The number of aromatic nitrogens is 4. The van der Waals surface area contributed by atoms with Crippen LogP contribution in [0.1, 0.15) is 49.9 Å². The first-order valence-electron chi connectivity index (χ1n) is 9.72. The van der Waals surface area contributed by atoms with Crippen LogP contribution in [-0.2, 0) is 19.6 Å². The number of nitrogens with one attached hydrogen (secondary N) is 1. The van der Waals surface area contributed by atoms with Crippen molar-refractivity contribution in [2.45, 2.75) is 64.2 Å². The number of fused-ring (bicyclic) bond motifs is 1. The SMILES string of the molecule is COc1ccnc(NCc2cc3n(n2)CCCN(C2CCCCC2)C3)n1. The molecule has 2 aliphatic rings. The predicted molar refractivity (Wildman–Crippen MR) is 100 cm³/mol. The van der Waals surface area contributed by atoms with Crippen LogP contribution in [0.4, 0.5) is 5.95 Å². The first kappa shape index (κ1) is 17.3. The van der Waals surface area contributed by atoms with Gasteiger partial charge in [-0.2, -0.15) is 10.1 Å². The van der Waals surface area contributed by atoms with Crippen LogP contribution in [0.2, 0.25) is 0 Å². The number of methoxy groups -OCH3 is 1. The molecule has 0 atom stereocenters. The molecule has 1 N–H and O–H groups in total. The second-order valence-electron chi connectivity index (χ2n) is 7.24. The summed E-state index contributed by atoms with van der Waals surface area (Å²) in [5, 5.41) is 8.03. The van der Waals surface area contributed by atoms with Crippen LogP contribution in [0.5, 0.6) is 5.88 Å². The minimum absolute atomic E-state index is 0.561. The Kier molecular flexibility index (Phi) is 5.34. The van der Waals surface area contributed by atoms with Gasteiger partial charge in [0.1, 0.15) is 0 Å². The zero-order chi connectivity index (χ0) is 17.8. The summed E-state index contributed by atoms with van der Waals surface area (Å²) in [6.45, 7) is 3.84. The maximum atomic E-state index is 5.14. The van der Waals surface area contributed by atoms with Crippen molar-refractivity contribution in [2.75, 3.05) is 19.0 Å². The molecule has 0 saturated heterocycles. The lowest BCUT2D eigenvalue weighted by molar-refractivity contribution is 0.150. The van der Waals surface area contributed by atoms with E-state index in [0.717, 1.165) is 24.8 Å². The lowest BCUT2D eigenvalue weighted by Crippen LogP contribution is -2.36. The van der Waals surface area contributed by atoms with Crippen molar-refractivity contribution < 1.29 is 4.74 Å². The van der Waals surface area contributed by atoms with Crippen molar-refractivity contribution in [3.8, 4) is 5.88 Å². The highest BCUT2D eigenvalue weighted by molar-refractivity contribution is 5.28. The van der Waals surface area contributed by atoms with E-state index in [9.17, 15) is 0 Å². The van der Waals surface area contributed by atoms with Gasteiger partial charge in [0.25, 0.3) is 0 Å². The Morgan fingerprint density at radius 1 is 1.19 bits per heavy atom. The summed E-state index contributed by atoms with van der Waals surface area (Å²) >= 11 is 0. The third-order valence-electron chi connectivity index (χ3n) is 5.45. The summed E-state index contributed by atoms with van der Waals surface area (Å²) in [7, 11) is 1.61. The van der Waals surface area contributed by atoms with Gasteiger partial charge in [0.2, 0.25) is 11.8 Å². The standard InChI is InChI=1S/C19H28N6O/c1-26-18-8-9-20-19(22-18)21-13-15-12-17-14-24(10-5-11-25(17)23-15)16-6-3-2-4-7-16/h8-9,12,16H,2-7,10-11,13-14H2,1H3,(H,20,21,22). The number of hydrogen-bond donors (Lipinski definition) is 1. The smallest absolute Gasteiger partial charge is 0.226 e. The Hall–Kier alpha value is -2.15. The number of hydrogen-bond acceptors (Lipinski definition) is 6. The highest BCUT2D eigenvalue weighted by Gasteiger charge is 2.24. The van der Waals surface area contributed by atoms with E-state index in [1.807, 2.05) is 0 Å². The number of rotatable bonds is 5. The van der Waals surface area contributed by atoms with Crippen molar-refractivity contribution in [3.63, 3.8) is 0 Å².